The second kappa shape index (κ2) is 7.91. The first-order chi connectivity index (χ1) is 9.05. The van der Waals surface area contributed by atoms with Crippen molar-refractivity contribution in [3.05, 3.63) is 11.9 Å². The molecule has 108 valence electrons. The molecule has 1 aromatic rings. The molecule has 6 heteroatoms. The smallest absolute Gasteiger partial charge is 0.158 e. The van der Waals surface area contributed by atoms with Crippen molar-refractivity contribution < 1.29 is 4.74 Å². The predicted octanol–water partition coefficient (Wildman–Crippen LogP) is 2.15. The third-order valence-corrected chi connectivity index (χ3v) is 2.57. The number of aromatic nitrogens is 2. The first-order valence-electron chi connectivity index (χ1n) is 6.74. The molecule has 4 N–H and O–H groups in total. The fourth-order valence-electron chi connectivity index (χ4n) is 1.92. The highest BCUT2D eigenvalue weighted by atomic mass is 16.5. The van der Waals surface area contributed by atoms with Crippen molar-refractivity contribution in [1.29, 1.82) is 0 Å². The normalized spacial score (nSPS) is 12.5. The number of ether oxygens (including phenoxy) is 1. The van der Waals surface area contributed by atoms with Crippen LogP contribution in [0.3, 0.4) is 0 Å². The Hall–Kier alpha value is -1.40. The van der Waals surface area contributed by atoms with Crippen LogP contribution in [0.4, 0.5) is 11.6 Å². The molecule has 1 aromatic heterocycles. The highest BCUT2D eigenvalue weighted by molar-refractivity contribution is 5.47. The number of hydrazine groups is 1. The Labute approximate surface area is 115 Å². The van der Waals surface area contributed by atoms with Gasteiger partial charge in [0.25, 0.3) is 0 Å². The average Bonchev–Trinajstić information content (AvgIpc) is 2.34. The average molecular weight is 267 g/mol. The second-order valence-corrected chi connectivity index (χ2v) is 5.01. The minimum Gasteiger partial charge on any atom is -0.374 e. The fraction of sp³-hybridized carbons (Fsp3) is 0.692. The van der Waals surface area contributed by atoms with Gasteiger partial charge in [-0.25, -0.2) is 15.8 Å². The number of nitrogens with zero attached hydrogens (tertiary/aromatic N) is 2. The minimum atomic E-state index is 0.348. The molecular weight excluding hydrogens is 242 g/mol. The molecule has 1 atom stereocenters. The summed E-state index contributed by atoms with van der Waals surface area (Å²) in [6.45, 7) is 9.50. The summed E-state index contributed by atoms with van der Waals surface area (Å²) in [6, 6.07) is 2.15. The Kier molecular flexibility index (Phi) is 6.52. The summed E-state index contributed by atoms with van der Waals surface area (Å²) in [5.41, 5.74) is 2.55. The van der Waals surface area contributed by atoms with Crippen molar-refractivity contribution in [2.45, 2.75) is 46.8 Å². The van der Waals surface area contributed by atoms with E-state index in [0.717, 1.165) is 12.2 Å². The SMILES string of the molecule is CCOCc1nc(NN)cc(NC(C)CC(C)C)n1. The van der Waals surface area contributed by atoms with Crippen LogP contribution in [0.15, 0.2) is 6.07 Å². The predicted molar refractivity (Wildman–Crippen MR) is 77.7 cm³/mol. The third-order valence-electron chi connectivity index (χ3n) is 2.57. The number of nitrogens with one attached hydrogen (secondary N) is 2. The number of rotatable bonds is 8. The number of nitrogens with two attached hydrogens (primary N) is 1. The Bertz CT molecular complexity index is 383. The molecule has 19 heavy (non-hydrogen) atoms. The zero-order valence-electron chi connectivity index (χ0n) is 12.2. The molecule has 1 rings (SSSR count). The van der Waals surface area contributed by atoms with E-state index in [2.05, 4.69) is 41.5 Å². The van der Waals surface area contributed by atoms with Gasteiger partial charge >= 0.3 is 0 Å². The first-order valence-corrected chi connectivity index (χ1v) is 6.74. The molecule has 0 spiro atoms. The van der Waals surface area contributed by atoms with Gasteiger partial charge in [-0.15, -0.1) is 0 Å². The van der Waals surface area contributed by atoms with Gasteiger partial charge in [0.15, 0.2) is 5.82 Å². The molecule has 1 heterocycles. The lowest BCUT2D eigenvalue weighted by molar-refractivity contribution is 0.128. The molecule has 0 aliphatic rings. The fourth-order valence-corrected chi connectivity index (χ4v) is 1.92. The van der Waals surface area contributed by atoms with Crippen LogP contribution < -0.4 is 16.6 Å². The lowest BCUT2D eigenvalue weighted by atomic mass is 10.1. The highest BCUT2D eigenvalue weighted by Gasteiger charge is 2.08. The lowest BCUT2D eigenvalue weighted by Crippen LogP contribution is -2.20. The molecule has 0 aliphatic heterocycles. The van der Waals surface area contributed by atoms with Crippen LogP contribution >= 0.6 is 0 Å². The molecule has 0 amide bonds. The minimum absolute atomic E-state index is 0.348. The standard InChI is InChI=1S/C13H25N5O/c1-5-19-8-13-16-11(7-12(17-13)18-14)15-10(4)6-9(2)3/h7,9-10H,5-6,8,14H2,1-4H3,(H2,15,16,17,18). The van der Waals surface area contributed by atoms with E-state index < -0.39 is 0 Å². The van der Waals surface area contributed by atoms with Crippen molar-refractivity contribution in [2.24, 2.45) is 11.8 Å². The van der Waals surface area contributed by atoms with E-state index >= 15 is 0 Å². The van der Waals surface area contributed by atoms with Gasteiger partial charge in [0.05, 0.1) is 0 Å². The molecule has 0 fully saturated rings. The van der Waals surface area contributed by atoms with E-state index in [1.807, 2.05) is 6.92 Å². The summed E-state index contributed by atoms with van der Waals surface area (Å²) >= 11 is 0. The number of nitrogen functional groups attached to an aromatic ring is 1. The first kappa shape index (κ1) is 15.7. The van der Waals surface area contributed by atoms with E-state index in [1.165, 1.54) is 0 Å². The van der Waals surface area contributed by atoms with Crippen LogP contribution in [0.25, 0.3) is 0 Å². The lowest BCUT2D eigenvalue weighted by Gasteiger charge is -2.17. The van der Waals surface area contributed by atoms with Crippen LogP contribution in [0.1, 0.15) is 39.9 Å². The van der Waals surface area contributed by atoms with E-state index in [4.69, 9.17) is 10.6 Å². The zero-order valence-corrected chi connectivity index (χ0v) is 12.2. The van der Waals surface area contributed by atoms with E-state index in [9.17, 15) is 0 Å². The summed E-state index contributed by atoms with van der Waals surface area (Å²) in [7, 11) is 0. The molecule has 0 radical (unpaired) electrons. The Morgan fingerprint density at radius 3 is 2.53 bits per heavy atom. The van der Waals surface area contributed by atoms with Crippen molar-refractivity contribution in [2.75, 3.05) is 17.3 Å². The third kappa shape index (κ3) is 5.85. The van der Waals surface area contributed by atoms with E-state index in [1.54, 1.807) is 6.07 Å². The molecule has 0 saturated carbocycles. The Morgan fingerprint density at radius 2 is 1.95 bits per heavy atom. The maximum atomic E-state index is 5.42. The van der Waals surface area contributed by atoms with Gasteiger partial charge in [0.1, 0.15) is 18.2 Å². The van der Waals surface area contributed by atoms with Crippen molar-refractivity contribution in [3.8, 4) is 0 Å². The molecular formula is C13H25N5O. The summed E-state index contributed by atoms with van der Waals surface area (Å²) in [5, 5.41) is 3.36. The summed E-state index contributed by atoms with van der Waals surface area (Å²) < 4.78 is 5.32. The number of anilines is 2. The molecule has 6 nitrogen and oxygen atoms in total. The quantitative estimate of drug-likeness (QED) is 0.494. The van der Waals surface area contributed by atoms with Crippen LogP contribution in [-0.2, 0) is 11.3 Å². The molecule has 0 aromatic carbocycles. The maximum absolute atomic E-state index is 5.42. The van der Waals surface area contributed by atoms with Gasteiger partial charge in [0.2, 0.25) is 0 Å². The monoisotopic (exact) mass is 267 g/mol. The van der Waals surface area contributed by atoms with Gasteiger partial charge in [-0.1, -0.05) is 13.8 Å². The summed E-state index contributed by atoms with van der Waals surface area (Å²) in [5.74, 6) is 8.04. The molecule has 0 saturated heterocycles. The Balaban J connectivity index is 2.75. The van der Waals surface area contributed by atoms with Gasteiger partial charge in [0, 0.05) is 18.7 Å². The number of hydrogen-bond acceptors (Lipinski definition) is 6. The van der Waals surface area contributed by atoms with Crippen LogP contribution in [0.5, 0.6) is 0 Å². The zero-order chi connectivity index (χ0) is 14.3. The van der Waals surface area contributed by atoms with Gasteiger partial charge < -0.3 is 15.5 Å². The van der Waals surface area contributed by atoms with Crippen molar-refractivity contribution in [1.82, 2.24) is 9.97 Å². The molecule has 1 unspecified atom stereocenters. The van der Waals surface area contributed by atoms with Crippen LogP contribution in [0, 0.1) is 5.92 Å². The van der Waals surface area contributed by atoms with E-state index in [-0.39, 0.29) is 0 Å². The highest BCUT2D eigenvalue weighted by Crippen LogP contribution is 2.14. The van der Waals surface area contributed by atoms with Gasteiger partial charge in [-0.3, -0.25) is 0 Å². The Morgan fingerprint density at radius 1 is 1.26 bits per heavy atom. The maximum Gasteiger partial charge on any atom is 0.158 e. The number of hydrogen-bond donors (Lipinski definition) is 3. The van der Waals surface area contributed by atoms with Crippen molar-refractivity contribution >= 4 is 11.6 Å². The second-order valence-electron chi connectivity index (χ2n) is 5.01. The van der Waals surface area contributed by atoms with Crippen LogP contribution in [0.2, 0.25) is 0 Å². The van der Waals surface area contributed by atoms with Crippen LogP contribution in [-0.4, -0.2) is 22.6 Å². The topological polar surface area (TPSA) is 85.1 Å². The molecule has 0 bridgehead atoms. The van der Waals surface area contributed by atoms with Gasteiger partial charge in [-0.05, 0) is 26.2 Å². The van der Waals surface area contributed by atoms with E-state index in [0.29, 0.717) is 36.8 Å². The van der Waals surface area contributed by atoms with Crippen molar-refractivity contribution in [3.63, 3.8) is 0 Å². The largest absolute Gasteiger partial charge is 0.374 e. The molecule has 0 aliphatic carbocycles. The summed E-state index contributed by atoms with van der Waals surface area (Å²) in [4.78, 5) is 8.67. The van der Waals surface area contributed by atoms with Gasteiger partial charge in [-0.2, -0.15) is 0 Å². The summed E-state index contributed by atoms with van der Waals surface area (Å²) in [6.07, 6.45) is 1.08.